The molecule has 2 N–H and O–H groups in total. The van der Waals surface area contributed by atoms with Gasteiger partial charge in [-0.2, -0.15) is 0 Å². The summed E-state index contributed by atoms with van der Waals surface area (Å²) in [5, 5.41) is 12.3. The second-order valence-corrected chi connectivity index (χ2v) is 3.97. The number of hydrogen-bond acceptors (Lipinski definition) is 3. The number of aliphatic hydroxyl groups excluding tert-OH is 1. The van der Waals surface area contributed by atoms with Crippen molar-refractivity contribution in [3.63, 3.8) is 0 Å². The van der Waals surface area contributed by atoms with Gasteiger partial charge in [-0.1, -0.05) is 12.1 Å². The second kappa shape index (κ2) is 5.14. The maximum atomic E-state index is 8.89. The largest absolute Gasteiger partial charge is 0.392 e. The van der Waals surface area contributed by atoms with E-state index in [4.69, 9.17) is 9.84 Å². The summed E-state index contributed by atoms with van der Waals surface area (Å²) < 4.78 is 5.31. The first kappa shape index (κ1) is 10.5. The molecule has 1 aliphatic rings. The van der Waals surface area contributed by atoms with Gasteiger partial charge in [-0.15, -0.1) is 0 Å². The van der Waals surface area contributed by atoms with E-state index >= 15 is 0 Å². The average molecular weight is 207 g/mol. The predicted octanol–water partition coefficient (Wildman–Crippen LogP) is 1.63. The van der Waals surface area contributed by atoms with Crippen molar-refractivity contribution in [2.24, 2.45) is 5.92 Å². The normalized spacial score (nSPS) is 20.5. The molecule has 15 heavy (non-hydrogen) atoms. The Morgan fingerprint density at radius 3 is 2.73 bits per heavy atom. The minimum atomic E-state index is 0.108. The molecule has 0 spiro atoms. The topological polar surface area (TPSA) is 41.5 Å². The molecule has 1 heterocycles. The van der Waals surface area contributed by atoms with Gasteiger partial charge in [0, 0.05) is 24.8 Å². The third-order valence-electron chi connectivity index (χ3n) is 2.76. The lowest BCUT2D eigenvalue weighted by molar-refractivity contribution is 0.187. The van der Waals surface area contributed by atoms with Gasteiger partial charge in [0.05, 0.1) is 13.2 Å². The number of ether oxygens (including phenoxy) is 1. The highest BCUT2D eigenvalue weighted by molar-refractivity contribution is 5.44. The molecule has 0 amide bonds. The van der Waals surface area contributed by atoms with Crippen molar-refractivity contribution in [2.75, 3.05) is 25.1 Å². The van der Waals surface area contributed by atoms with Crippen molar-refractivity contribution in [1.29, 1.82) is 0 Å². The molecule has 1 atom stereocenters. The molecule has 0 radical (unpaired) electrons. The Hall–Kier alpha value is -1.06. The first-order chi connectivity index (χ1) is 7.38. The molecule has 3 heteroatoms. The van der Waals surface area contributed by atoms with Crippen LogP contribution in [-0.2, 0) is 11.3 Å². The van der Waals surface area contributed by atoms with Crippen molar-refractivity contribution < 1.29 is 9.84 Å². The van der Waals surface area contributed by atoms with Crippen molar-refractivity contribution in [2.45, 2.75) is 13.0 Å². The summed E-state index contributed by atoms with van der Waals surface area (Å²) >= 11 is 0. The second-order valence-electron chi connectivity index (χ2n) is 3.97. The fourth-order valence-electron chi connectivity index (χ4n) is 1.73. The van der Waals surface area contributed by atoms with Gasteiger partial charge >= 0.3 is 0 Å². The minimum Gasteiger partial charge on any atom is -0.392 e. The van der Waals surface area contributed by atoms with Crippen LogP contribution in [0.15, 0.2) is 24.3 Å². The third kappa shape index (κ3) is 2.94. The Morgan fingerprint density at radius 1 is 1.33 bits per heavy atom. The summed E-state index contributed by atoms with van der Waals surface area (Å²) in [5.41, 5.74) is 2.06. The van der Waals surface area contributed by atoms with Gasteiger partial charge < -0.3 is 15.2 Å². The first-order valence-corrected chi connectivity index (χ1v) is 5.40. The molecule has 0 aromatic heterocycles. The van der Waals surface area contributed by atoms with Crippen LogP contribution in [0.1, 0.15) is 12.0 Å². The molecular formula is C12H17NO2. The van der Waals surface area contributed by atoms with Crippen LogP contribution in [0.25, 0.3) is 0 Å². The molecule has 3 nitrogen and oxygen atoms in total. The molecule has 1 aromatic carbocycles. The molecule has 1 saturated heterocycles. The van der Waals surface area contributed by atoms with E-state index in [-0.39, 0.29) is 6.61 Å². The summed E-state index contributed by atoms with van der Waals surface area (Å²) in [7, 11) is 0. The lowest BCUT2D eigenvalue weighted by Gasteiger charge is -2.10. The van der Waals surface area contributed by atoms with Gasteiger partial charge in [0.15, 0.2) is 0 Å². The minimum absolute atomic E-state index is 0.108. The monoisotopic (exact) mass is 207 g/mol. The number of benzene rings is 1. The quantitative estimate of drug-likeness (QED) is 0.788. The zero-order valence-corrected chi connectivity index (χ0v) is 8.78. The van der Waals surface area contributed by atoms with Gasteiger partial charge in [0.25, 0.3) is 0 Å². The van der Waals surface area contributed by atoms with Gasteiger partial charge in [0.1, 0.15) is 0 Å². The van der Waals surface area contributed by atoms with Crippen LogP contribution in [-0.4, -0.2) is 24.9 Å². The maximum absolute atomic E-state index is 8.89. The van der Waals surface area contributed by atoms with E-state index < -0.39 is 0 Å². The molecule has 1 aromatic rings. The highest BCUT2D eigenvalue weighted by atomic mass is 16.5. The molecule has 0 bridgehead atoms. The number of rotatable bonds is 4. The van der Waals surface area contributed by atoms with Gasteiger partial charge in [-0.05, 0) is 24.1 Å². The molecule has 2 rings (SSSR count). The number of hydrogen-bond donors (Lipinski definition) is 2. The molecule has 1 unspecified atom stereocenters. The van der Waals surface area contributed by atoms with Gasteiger partial charge in [-0.25, -0.2) is 0 Å². The van der Waals surface area contributed by atoms with Gasteiger partial charge in [-0.3, -0.25) is 0 Å². The van der Waals surface area contributed by atoms with Gasteiger partial charge in [0.2, 0.25) is 0 Å². The predicted molar refractivity (Wildman–Crippen MR) is 59.8 cm³/mol. The number of aliphatic hydroxyl groups is 1. The Bertz CT molecular complexity index is 291. The van der Waals surface area contributed by atoms with E-state index in [1.165, 1.54) is 0 Å². The number of anilines is 1. The van der Waals surface area contributed by atoms with E-state index in [0.717, 1.165) is 37.4 Å². The first-order valence-electron chi connectivity index (χ1n) is 5.40. The highest BCUT2D eigenvalue weighted by Crippen LogP contribution is 2.15. The molecule has 0 saturated carbocycles. The Kier molecular flexibility index (Phi) is 3.59. The molecule has 82 valence electrons. The van der Waals surface area contributed by atoms with E-state index in [1.807, 2.05) is 24.3 Å². The highest BCUT2D eigenvalue weighted by Gasteiger charge is 2.14. The van der Waals surface area contributed by atoms with Crippen LogP contribution in [0, 0.1) is 5.92 Å². The summed E-state index contributed by atoms with van der Waals surface area (Å²) in [5.74, 6) is 0.641. The molecule has 1 aliphatic heterocycles. The van der Waals surface area contributed by atoms with E-state index in [2.05, 4.69) is 5.32 Å². The zero-order chi connectivity index (χ0) is 10.5. The summed E-state index contributed by atoms with van der Waals surface area (Å²) in [6, 6.07) is 7.88. The Labute approximate surface area is 90.1 Å². The van der Waals surface area contributed by atoms with Crippen LogP contribution < -0.4 is 5.32 Å². The van der Waals surface area contributed by atoms with Crippen molar-refractivity contribution >= 4 is 5.69 Å². The maximum Gasteiger partial charge on any atom is 0.0681 e. The Morgan fingerprint density at radius 2 is 2.13 bits per heavy atom. The summed E-state index contributed by atoms with van der Waals surface area (Å²) in [6.45, 7) is 2.85. The van der Waals surface area contributed by atoms with E-state index in [0.29, 0.717) is 5.92 Å². The molecular weight excluding hydrogens is 190 g/mol. The van der Waals surface area contributed by atoms with Crippen LogP contribution >= 0.6 is 0 Å². The van der Waals surface area contributed by atoms with Crippen LogP contribution in [0.2, 0.25) is 0 Å². The van der Waals surface area contributed by atoms with Crippen molar-refractivity contribution in [1.82, 2.24) is 0 Å². The Balaban J connectivity index is 1.82. The third-order valence-corrected chi connectivity index (χ3v) is 2.76. The lowest BCUT2D eigenvalue weighted by atomic mass is 10.1. The SMILES string of the molecule is OCc1ccc(NCC2CCOC2)cc1. The van der Waals surface area contributed by atoms with Crippen molar-refractivity contribution in [3.05, 3.63) is 29.8 Å². The lowest BCUT2D eigenvalue weighted by Crippen LogP contribution is -2.13. The molecule has 0 aliphatic carbocycles. The van der Waals surface area contributed by atoms with Crippen LogP contribution in [0.3, 0.4) is 0 Å². The summed E-state index contributed by atoms with van der Waals surface area (Å²) in [6.07, 6.45) is 1.15. The standard InChI is InChI=1S/C12H17NO2/c14-8-10-1-3-12(4-2-10)13-7-11-5-6-15-9-11/h1-4,11,13-14H,5-9H2. The summed E-state index contributed by atoms with van der Waals surface area (Å²) in [4.78, 5) is 0. The number of nitrogens with one attached hydrogen (secondary N) is 1. The fraction of sp³-hybridized carbons (Fsp3) is 0.500. The van der Waals surface area contributed by atoms with E-state index in [9.17, 15) is 0 Å². The van der Waals surface area contributed by atoms with E-state index in [1.54, 1.807) is 0 Å². The molecule has 1 fully saturated rings. The fourth-order valence-corrected chi connectivity index (χ4v) is 1.73. The van der Waals surface area contributed by atoms with Crippen LogP contribution in [0.4, 0.5) is 5.69 Å². The van der Waals surface area contributed by atoms with Crippen LogP contribution in [0.5, 0.6) is 0 Å². The average Bonchev–Trinajstić information content (AvgIpc) is 2.80. The van der Waals surface area contributed by atoms with Crippen molar-refractivity contribution in [3.8, 4) is 0 Å². The smallest absolute Gasteiger partial charge is 0.0681 e. The zero-order valence-electron chi connectivity index (χ0n) is 8.78.